The van der Waals surface area contributed by atoms with Crippen LogP contribution in [0.4, 0.5) is 0 Å². The number of rotatable bonds is 2. The van der Waals surface area contributed by atoms with Crippen molar-refractivity contribution in [1.82, 2.24) is 0 Å². The van der Waals surface area contributed by atoms with E-state index < -0.39 is 0 Å². The van der Waals surface area contributed by atoms with E-state index in [1.165, 1.54) is 11.8 Å². The van der Waals surface area contributed by atoms with Crippen LogP contribution in [0.1, 0.15) is 11.1 Å². The first-order valence-electron chi connectivity index (χ1n) is 3.53. The number of hydrogen-bond acceptors (Lipinski definition) is 1. The lowest BCUT2D eigenvalue weighted by molar-refractivity contribution is 1.46. The molecule has 0 radical (unpaired) electrons. The van der Waals surface area contributed by atoms with Crippen LogP contribution in [0, 0.1) is 6.92 Å². The molecule has 1 nitrogen and oxygen atoms in total. The predicted octanol–water partition coefficient (Wildman–Crippen LogP) is 2.56. The molecule has 0 aliphatic rings. The summed E-state index contributed by atoms with van der Waals surface area (Å²) < 4.78 is 0. The summed E-state index contributed by atoms with van der Waals surface area (Å²) in [6, 6.07) is 8.18. The Morgan fingerprint density at radius 3 is 2.45 bits per heavy atom. The Bertz CT molecular complexity index is 257. The Kier molecular flexibility index (Phi) is 2.61. The second-order valence-corrected chi connectivity index (χ2v) is 2.37. The van der Waals surface area contributed by atoms with Gasteiger partial charge in [0.15, 0.2) is 0 Å². The molecule has 11 heavy (non-hydrogen) atoms. The average molecular weight is 145 g/mol. The summed E-state index contributed by atoms with van der Waals surface area (Å²) in [7, 11) is 0. The van der Waals surface area contributed by atoms with Crippen LogP contribution >= 0.6 is 0 Å². The fraction of sp³-hybridized carbons (Fsp3) is 0.100. The van der Waals surface area contributed by atoms with Crippen molar-refractivity contribution < 1.29 is 0 Å². The van der Waals surface area contributed by atoms with Gasteiger partial charge in [-0.1, -0.05) is 36.4 Å². The van der Waals surface area contributed by atoms with Crippen LogP contribution in [0.2, 0.25) is 0 Å². The van der Waals surface area contributed by atoms with Gasteiger partial charge in [0.2, 0.25) is 0 Å². The van der Waals surface area contributed by atoms with Gasteiger partial charge in [-0.2, -0.15) is 0 Å². The van der Waals surface area contributed by atoms with Gasteiger partial charge in [-0.3, -0.25) is 4.99 Å². The molecule has 0 aliphatic heterocycles. The molecule has 0 unspecified atom stereocenters. The van der Waals surface area contributed by atoms with Gasteiger partial charge in [-0.15, -0.1) is 0 Å². The molecule has 0 fully saturated rings. The quantitative estimate of drug-likeness (QED) is 0.567. The normalized spacial score (nSPS) is 10.3. The van der Waals surface area contributed by atoms with E-state index in [1.807, 2.05) is 12.1 Å². The molecule has 0 saturated carbocycles. The van der Waals surface area contributed by atoms with Crippen molar-refractivity contribution in [3.63, 3.8) is 0 Å². The lowest BCUT2D eigenvalue weighted by atomic mass is 10.2. The van der Waals surface area contributed by atoms with E-state index in [2.05, 4.69) is 30.6 Å². The van der Waals surface area contributed by atoms with Gasteiger partial charge in [0.1, 0.15) is 0 Å². The topological polar surface area (TPSA) is 12.4 Å². The highest BCUT2D eigenvalue weighted by Crippen LogP contribution is 1.99. The maximum Gasteiger partial charge on any atom is 0.0340 e. The van der Waals surface area contributed by atoms with Crippen molar-refractivity contribution in [2.45, 2.75) is 6.92 Å². The number of nitrogens with zero attached hydrogens (tertiary/aromatic N) is 1. The van der Waals surface area contributed by atoms with Crippen LogP contribution in [0.25, 0.3) is 0 Å². The van der Waals surface area contributed by atoms with Crippen molar-refractivity contribution >= 4 is 6.21 Å². The molecule has 0 amide bonds. The van der Waals surface area contributed by atoms with E-state index in [4.69, 9.17) is 0 Å². The molecule has 0 aliphatic carbocycles. The molecule has 1 aromatic rings. The van der Waals surface area contributed by atoms with Gasteiger partial charge >= 0.3 is 0 Å². The van der Waals surface area contributed by atoms with E-state index in [1.54, 1.807) is 6.21 Å². The van der Waals surface area contributed by atoms with Crippen LogP contribution in [0.3, 0.4) is 0 Å². The molecule has 0 saturated heterocycles. The van der Waals surface area contributed by atoms with Crippen LogP contribution in [-0.2, 0) is 0 Å². The van der Waals surface area contributed by atoms with Gasteiger partial charge in [0, 0.05) is 12.4 Å². The van der Waals surface area contributed by atoms with E-state index in [0.29, 0.717) is 0 Å². The van der Waals surface area contributed by atoms with Crippen LogP contribution in [0.15, 0.2) is 42.0 Å². The number of benzene rings is 1. The minimum atomic E-state index is 1.11. The predicted molar refractivity (Wildman–Crippen MR) is 49.0 cm³/mol. The van der Waals surface area contributed by atoms with E-state index in [-0.39, 0.29) is 0 Å². The van der Waals surface area contributed by atoms with E-state index in [9.17, 15) is 0 Å². The lowest BCUT2D eigenvalue weighted by Crippen LogP contribution is -1.79. The maximum absolute atomic E-state index is 3.91. The molecule has 0 heterocycles. The Hall–Kier alpha value is -1.37. The third kappa shape index (κ3) is 2.38. The molecule has 0 bridgehead atoms. The first-order valence-corrected chi connectivity index (χ1v) is 3.53. The summed E-state index contributed by atoms with van der Waals surface area (Å²) in [6.07, 6.45) is 3.31. The monoisotopic (exact) mass is 145 g/mol. The molecular formula is C10H11N. The number of aryl methyl sites for hydroxylation is 1. The summed E-state index contributed by atoms with van der Waals surface area (Å²) >= 11 is 0. The number of aliphatic imine (C=N–C) groups is 1. The Balaban J connectivity index is 2.81. The summed E-state index contributed by atoms with van der Waals surface area (Å²) in [6.45, 7) is 5.56. The highest BCUT2D eigenvalue weighted by Gasteiger charge is 1.84. The van der Waals surface area contributed by atoms with Gasteiger partial charge in [-0.05, 0) is 12.5 Å². The Labute approximate surface area is 67.1 Å². The zero-order valence-electron chi connectivity index (χ0n) is 6.62. The Morgan fingerprint density at radius 1 is 1.27 bits per heavy atom. The van der Waals surface area contributed by atoms with Crippen molar-refractivity contribution in [1.29, 1.82) is 0 Å². The van der Waals surface area contributed by atoms with Gasteiger partial charge in [0.05, 0.1) is 0 Å². The van der Waals surface area contributed by atoms with E-state index in [0.717, 1.165) is 5.56 Å². The molecule has 1 aromatic carbocycles. The van der Waals surface area contributed by atoms with Crippen molar-refractivity contribution in [3.8, 4) is 0 Å². The van der Waals surface area contributed by atoms with Crippen molar-refractivity contribution in [2.24, 2.45) is 4.99 Å². The Morgan fingerprint density at radius 2 is 1.91 bits per heavy atom. The first-order chi connectivity index (χ1) is 5.33. The summed E-state index contributed by atoms with van der Waals surface area (Å²) in [5.41, 5.74) is 2.37. The zero-order valence-corrected chi connectivity index (χ0v) is 6.62. The second kappa shape index (κ2) is 3.71. The molecule has 0 spiro atoms. The molecule has 0 aromatic heterocycles. The highest BCUT2D eigenvalue weighted by atomic mass is 14.6. The third-order valence-corrected chi connectivity index (χ3v) is 1.41. The summed E-state index contributed by atoms with van der Waals surface area (Å²) in [5.74, 6) is 0. The summed E-state index contributed by atoms with van der Waals surface area (Å²) in [4.78, 5) is 3.91. The molecule has 0 atom stereocenters. The zero-order chi connectivity index (χ0) is 8.10. The standard InChI is InChI=1S/C10H11N/c1-3-11-8-10-6-4-9(2)5-7-10/h3-8H,1H2,2H3. The smallest absolute Gasteiger partial charge is 0.0340 e. The van der Waals surface area contributed by atoms with Gasteiger partial charge < -0.3 is 0 Å². The number of hydrogen-bond donors (Lipinski definition) is 0. The lowest BCUT2D eigenvalue weighted by Gasteiger charge is -1.91. The largest absolute Gasteiger partial charge is 0.265 e. The fourth-order valence-electron chi connectivity index (χ4n) is 0.791. The van der Waals surface area contributed by atoms with Crippen LogP contribution < -0.4 is 0 Å². The van der Waals surface area contributed by atoms with Crippen molar-refractivity contribution in [2.75, 3.05) is 0 Å². The summed E-state index contributed by atoms with van der Waals surface area (Å²) in [5, 5.41) is 0. The molecule has 1 heteroatoms. The van der Waals surface area contributed by atoms with Crippen molar-refractivity contribution in [3.05, 3.63) is 48.2 Å². The molecule has 0 N–H and O–H groups in total. The second-order valence-electron chi connectivity index (χ2n) is 2.37. The minimum Gasteiger partial charge on any atom is -0.265 e. The third-order valence-electron chi connectivity index (χ3n) is 1.41. The SMILES string of the molecule is C=CN=Cc1ccc(C)cc1. The van der Waals surface area contributed by atoms with Crippen LogP contribution in [-0.4, -0.2) is 6.21 Å². The van der Waals surface area contributed by atoms with Crippen LogP contribution in [0.5, 0.6) is 0 Å². The first kappa shape index (κ1) is 7.73. The minimum absolute atomic E-state index is 1.11. The van der Waals surface area contributed by atoms with Gasteiger partial charge in [0.25, 0.3) is 0 Å². The fourth-order valence-corrected chi connectivity index (χ4v) is 0.791. The molecule has 56 valence electrons. The molecule has 1 rings (SSSR count). The van der Waals surface area contributed by atoms with E-state index >= 15 is 0 Å². The maximum atomic E-state index is 3.91. The van der Waals surface area contributed by atoms with Gasteiger partial charge in [-0.25, -0.2) is 0 Å². The average Bonchev–Trinajstić information content (AvgIpc) is 2.04. The molecular weight excluding hydrogens is 134 g/mol. The highest BCUT2D eigenvalue weighted by molar-refractivity contribution is 5.79.